The molecule has 1 aliphatic rings. The van der Waals surface area contributed by atoms with Crippen LogP contribution in [-0.4, -0.2) is 27.3 Å². The van der Waals surface area contributed by atoms with Crippen molar-refractivity contribution in [3.63, 3.8) is 0 Å². The molecule has 0 saturated carbocycles. The molecule has 0 aliphatic carbocycles. The molecular weight excluding hydrogens is 230 g/mol. The Labute approximate surface area is 105 Å². The zero-order valence-electron chi connectivity index (χ0n) is 9.97. The average Bonchev–Trinajstić information content (AvgIpc) is 2.87. The molecule has 0 radical (unpaired) electrons. The molecule has 2 N–H and O–H groups in total. The van der Waals surface area contributed by atoms with E-state index in [0.29, 0.717) is 12.0 Å². The van der Waals surface area contributed by atoms with Gasteiger partial charge in [0.05, 0.1) is 11.2 Å². The number of nitrogens with two attached hydrogens (primary N) is 1. The predicted octanol–water partition coefficient (Wildman–Crippen LogP) is 1.81. The molecule has 17 heavy (non-hydrogen) atoms. The van der Waals surface area contributed by atoms with Crippen LogP contribution in [0.2, 0.25) is 0 Å². The molecule has 2 atom stereocenters. The van der Waals surface area contributed by atoms with Gasteiger partial charge in [0, 0.05) is 24.2 Å². The fraction of sp³-hybridized carbons (Fsp3) is 0.462. The first kappa shape index (κ1) is 11.1. The highest BCUT2D eigenvalue weighted by molar-refractivity contribution is 7.99. The third-order valence-electron chi connectivity index (χ3n) is 3.54. The van der Waals surface area contributed by atoms with Gasteiger partial charge in [0.15, 0.2) is 0 Å². The van der Waals surface area contributed by atoms with Gasteiger partial charge in [-0.2, -0.15) is 16.9 Å². The number of hydrogen-bond acceptors (Lipinski definition) is 3. The third kappa shape index (κ3) is 1.96. The van der Waals surface area contributed by atoms with E-state index in [1.165, 1.54) is 22.3 Å². The van der Waals surface area contributed by atoms with Crippen molar-refractivity contribution in [2.45, 2.75) is 12.5 Å². The van der Waals surface area contributed by atoms with Crippen LogP contribution < -0.4 is 5.73 Å². The van der Waals surface area contributed by atoms with E-state index in [9.17, 15) is 0 Å². The van der Waals surface area contributed by atoms with Crippen molar-refractivity contribution in [3.8, 4) is 0 Å². The number of hydrogen-bond donors (Lipinski definition) is 1. The molecule has 0 spiro atoms. The summed E-state index contributed by atoms with van der Waals surface area (Å²) in [6.07, 6.45) is 1.01. The monoisotopic (exact) mass is 247 g/mol. The lowest BCUT2D eigenvalue weighted by atomic mass is 9.97. The molecule has 2 unspecified atom stereocenters. The summed E-state index contributed by atoms with van der Waals surface area (Å²) < 4.78 is 1.97. The van der Waals surface area contributed by atoms with E-state index in [0.717, 1.165) is 12.2 Å². The van der Waals surface area contributed by atoms with Gasteiger partial charge in [0.1, 0.15) is 0 Å². The highest BCUT2D eigenvalue weighted by atomic mass is 32.2. The number of thioether (sulfide) groups is 1. The van der Waals surface area contributed by atoms with Gasteiger partial charge in [-0.3, -0.25) is 4.68 Å². The van der Waals surface area contributed by atoms with E-state index in [1.54, 1.807) is 0 Å². The smallest absolute Gasteiger partial charge is 0.0706 e. The number of aryl methyl sites for hydroxylation is 1. The summed E-state index contributed by atoms with van der Waals surface area (Å²) in [7, 11) is 2.01. The van der Waals surface area contributed by atoms with Crippen LogP contribution in [0.5, 0.6) is 0 Å². The normalized spacial score (nSPS) is 24.6. The van der Waals surface area contributed by atoms with Crippen LogP contribution in [0.1, 0.15) is 5.69 Å². The molecule has 2 aromatic rings. The van der Waals surface area contributed by atoms with Crippen LogP contribution in [0, 0.1) is 5.92 Å². The van der Waals surface area contributed by atoms with Gasteiger partial charge in [0.25, 0.3) is 0 Å². The molecule has 1 aromatic carbocycles. The predicted molar refractivity (Wildman–Crippen MR) is 73.2 cm³/mol. The van der Waals surface area contributed by atoms with E-state index < -0.39 is 0 Å². The maximum Gasteiger partial charge on any atom is 0.0706 e. The fourth-order valence-electron chi connectivity index (χ4n) is 2.51. The van der Waals surface area contributed by atoms with Crippen LogP contribution in [-0.2, 0) is 13.5 Å². The van der Waals surface area contributed by atoms with Gasteiger partial charge in [-0.05, 0) is 24.2 Å². The van der Waals surface area contributed by atoms with Gasteiger partial charge in [-0.15, -0.1) is 0 Å². The second kappa shape index (κ2) is 4.35. The standard InChI is InChI=1S/C13H17N3S/c1-16-13-5-3-2-4-10(13)12(15-16)6-9-7-17-8-11(9)14/h2-5,9,11H,6-8,14H2,1H3. The van der Waals surface area contributed by atoms with Crippen LogP contribution >= 0.6 is 11.8 Å². The number of nitrogens with zero attached hydrogens (tertiary/aromatic N) is 2. The lowest BCUT2D eigenvalue weighted by Gasteiger charge is -2.12. The average molecular weight is 247 g/mol. The summed E-state index contributed by atoms with van der Waals surface area (Å²) in [6, 6.07) is 8.75. The van der Waals surface area contributed by atoms with Crippen molar-refractivity contribution >= 4 is 22.7 Å². The minimum absolute atomic E-state index is 0.334. The summed E-state index contributed by atoms with van der Waals surface area (Å²) in [6.45, 7) is 0. The second-order valence-electron chi connectivity index (χ2n) is 4.75. The Morgan fingerprint density at radius 3 is 3.00 bits per heavy atom. The van der Waals surface area contributed by atoms with Crippen molar-refractivity contribution in [2.24, 2.45) is 18.7 Å². The Bertz CT molecular complexity index is 534. The fourth-order valence-corrected chi connectivity index (χ4v) is 3.86. The van der Waals surface area contributed by atoms with Gasteiger partial charge in [-0.1, -0.05) is 18.2 Å². The molecule has 1 aromatic heterocycles. The Balaban J connectivity index is 1.95. The molecule has 1 fully saturated rings. The summed E-state index contributed by atoms with van der Waals surface area (Å²) in [4.78, 5) is 0. The van der Waals surface area contributed by atoms with E-state index in [2.05, 4.69) is 29.4 Å². The number of fused-ring (bicyclic) bond motifs is 1. The Morgan fingerprint density at radius 1 is 1.41 bits per heavy atom. The molecule has 4 heteroatoms. The van der Waals surface area contributed by atoms with Crippen LogP contribution in [0.3, 0.4) is 0 Å². The Hall–Kier alpha value is -1.00. The number of para-hydroxylation sites is 1. The third-order valence-corrected chi connectivity index (χ3v) is 4.82. The van der Waals surface area contributed by atoms with Crippen molar-refractivity contribution in [1.29, 1.82) is 0 Å². The quantitative estimate of drug-likeness (QED) is 0.880. The van der Waals surface area contributed by atoms with Crippen LogP contribution in [0.15, 0.2) is 24.3 Å². The van der Waals surface area contributed by atoms with Crippen molar-refractivity contribution in [3.05, 3.63) is 30.0 Å². The summed E-state index contributed by atoms with van der Waals surface area (Å²) in [5, 5.41) is 5.92. The van der Waals surface area contributed by atoms with E-state index in [1.807, 2.05) is 23.5 Å². The summed E-state index contributed by atoms with van der Waals surface area (Å²) in [5.74, 6) is 2.85. The number of benzene rings is 1. The topological polar surface area (TPSA) is 43.8 Å². The second-order valence-corrected chi connectivity index (χ2v) is 5.83. The molecule has 90 valence electrons. The lowest BCUT2D eigenvalue weighted by Crippen LogP contribution is -2.29. The number of rotatable bonds is 2. The first-order valence-electron chi connectivity index (χ1n) is 5.99. The zero-order valence-corrected chi connectivity index (χ0v) is 10.8. The maximum absolute atomic E-state index is 6.12. The highest BCUT2D eigenvalue weighted by Gasteiger charge is 2.26. The van der Waals surface area contributed by atoms with Crippen molar-refractivity contribution in [1.82, 2.24) is 9.78 Å². The van der Waals surface area contributed by atoms with E-state index >= 15 is 0 Å². The number of aromatic nitrogens is 2. The van der Waals surface area contributed by atoms with E-state index in [4.69, 9.17) is 5.73 Å². The Kier molecular flexibility index (Phi) is 2.84. The summed E-state index contributed by atoms with van der Waals surface area (Å²) in [5.41, 5.74) is 8.53. The maximum atomic E-state index is 6.12. The molecule has 3 rings (SSSR count). The molecule has 2 heterocycles. The van der Waals surface area contributed by atoms with Gasteiger partial charge < -0.3 is 5.73 Å². The van der Waals surface area contributed by atoms with Crippen LogP contribution in [0.4, 0.5) is 0 Å². The van der Waals surface area contributed by atoms with Crippen molar-refractivity contribution < 1.29 is 0 Å². The minimum Gasteiger partial charge on any atom is -0.327 e. The largest absolute Gasteiger partial charge is 0.327 e. The highest BCUT2D eigenvalue weighted by Crippen LogP contribution is 2.28. The molecule has 0 bridgehead atoms. The summed E-state index contributed by atoms with van der Waals surface area (Å²) >= 11 is 1.96. The van der Waals surface area contributed by atoms with Gasteiger partial charge >= 0.3 is 0 Å². The van der Waals surface area contributed by atoms with Crippen LogP contribution in [0.25, 0.3) is 10.9 Å². The lowest BCUT2D eigenvalue weighted by molar-refractivity contribution is 0.507. The van der Waals surface area contributed by atoms with Gasteiger partial charge in [0.2, 0.25) is 0 Å². The van der Waals surface area contributed by atoms with Crippen molar-refractivity contribution in [2.75, 3.05) is 11.5 Å². The van der Waals surface area contributed by atoms with Gasteiger partial charge in [-0.25, -0.2) is 0 Å². The molecule has 1 aliphatic heterocycles. The molecular formula is C13H17N3S. The first-order chi connectivity index (χ1) is 8.25. The molecule has 1 saturated heterocycles. The minimum atomic E-state index is 0.334. The van der Waals surface area contributed by atoms with E-state index in [-0.39, 0.29) is 0 Å². The SMILES string of the molecule is Cn1nc(CC2CSCC2N)c2ccccc21. The molecule has 0 amide bonds. The molecule has 3 nitrogen and oxygen atoms in total. The Morgan fingerprint density at radius 2 is 2.24 bits per heavy atom. The zero-order chi connectivity index (χ0) is 11.8. The first-order valence-corrected chi connectivity index (χ1v) is 7.15.